The Hall–Kier alpha value is -2.94. The molecule has 1 unspecified atom stereocenters. The van der Waals surface area contributed by atoms with E-state index < -0.39 is 0 Å². The van der Waals surface area contributed by atoms with Gasteiger partial charge in [0.1, 0.15) is 23.4 Å². The van der Waals surface area contributed by atoms with Crippen LogP contribution in [0, 0.1) is 0 Å². The highest BCUT2D eigenvalue weighted by molar-refractivity contribution is 5.47. The molecule has 128 valence electrons. The Labute approximate surface area is 149 Å². The van der Waals surface area contributed by atoms with E-state index in [9.17, 15) is 0 Å². The van der Waals surface area contributed by atoms with Gasteiger partial charge in [0.2, 0.25) is 0 Å². The summed E-state index contributed by atoms with van der Waals surface area (Å²) in [4.78, 5) is 0. The molecule has 1 N–H and O–H groups in total. The van der Waals surface area contributed by atoms with Crippen molar-refractivity contribution in [1.29, 1.82) is 0 Å². The van der Waals surface area contributed by atoms with Gasteiger partial charge >= 0.3 is 0 Å². The van der Waals surface area contributed by atoms with Crippen LogP contribution >= 0.6 is 0 Å². The Kier molecular flexibility index (Phi) is 5.94. The molecule has 0 fully saturated rings. The molecular weight excluding hydrogens is 310 g/mol. The SMILES string of the molecule is CCC(CNc1ccc(Oc2ccccc2)cc1)Oc1ccccc1. The first kappa shape index (κ1) is 16.9. The van der Waals surface area contributed by atoms with Crippen molar-refractivity contribution in [2.24, 2.45) is 0 Å². The van der Waals surface area contributed by atoms with E-state index in [1.807, 2.05) is 84.9 Å². The quantitative estimate of drug-likeness (QED) is 0.569. The Morgan fingerprint density at radius 1 is 0.720 bits per heavy atom. The van der Waals surface area contributed by atoms with Gasteiger partial charge < -0.3 is 14.8 Å². The number of para-hydroxylation sites is 2. The molecule has 1 atom stereocenters. The zero-order chi connectivity index (χ0) is 17.3. The van der Waals surface area contributed by atoms with Crippen LogP contribution < -0.4 is 14.8 Å². The van der Waals surface area contributed by atoms with Crippen LogP contribution in [0.25, 0.3) is 0 Å². The Morgan fingerprint density at radius 2 is 1.28 bits per heavy atom. The molecular formula is C22H23NO2. The van der Waals surface area contributed by atoms with Crippen molar-refractivity contribution in [3.05, 3.63) is 84.9 Å². The zero-order valence-corrected chi connectivity index (χ0v) is 14.4. The molecule has 3 heteroatoms. The number of hydrogen-bond acceptors (Lipinski definition) is 3. The smallest absolute Gasteiger partial charge is 0.127 e. The second kappa shape index (κ2) is 8.78. The molecule has 0 aliphatic carbocycles. The highest BCUT2D eigenvalue weighted by Gasteiger charge is 2.08. The van der Waals surface area contributed by atoms with E-state index in [1.54, 1.807) is 0 Å². The van der Waals surface area contributed by atoms with Crippen molar-refractivity contribution in [1.82, 2.24) is 0 Å². The molecule has 0 amide bonds. The van der Waals surface area contributed by atoms with Crippen molar-refractivity contribution in [3.63, 3.8) is 0 Å². The highest BCUT2D eigenvalue weighted by atomic mass is 16.5. The van der Waals surface area contributed by atoms with E-state index in [2.05, 4.69) is 12.2 Å². The van der Waals surface area contributed by atoms with Gasteiger partial charge in [-0.15, -0.1) is 0 Å². The third-order valence-electron chi connectivity index (χ3n) is 3.87. The average Bonchev–Trinajstić information content (AvgIpc) is 2.68. The molecule has 3 nitrogen and oxygen atoms in total. The summed E-state index contributed by atoms with van der Waals surface area (Å²) in [5.74, 6) is 2.57. The first-order valence-corrected chi connectivity index (χ1v) is 8.62. The van der Waals surface area contributed by atoms with Crippen LogP contribution in [-0.2, 0) is 0 Å². The van der Waals surface area contributed by atoms with Crippen LogP contribution in [0.15, 0.2) is 84.9 Å². The summed E-state index contributed by atoms with van der Waals surface area (Å²) in [6.07, 6.45) is 1.07. The second-order valence-electron chi connectivity index (χ2n) is 5.78. The third kappa shape index (κ3) is 5.28. The molecule has 0 bridgehead atoms. The van der Waals surface area contributed by atoms with Crippen molar-refractivity contribution < 1.29 is 9.47 Å². The molecule has 3 rings (SSSR count). The zero-order valence-electron chi connectivity index (χ0n) is 14.4. The summed E-state index contributed by atoms with van der Waals surface area (Å²) < 4.78 is 11.8. The van der Waals surface area contributed by atoms with Gasteiger partial charge in [0.05, 0.1) is 6.54 Å². The molecule has 0 saturated carbocycles. The van der Waals surface area contributed by atoms with Crippen LogP contribution in [0.5, 0.6) is 17.2 Å². The maximum Gasteiger partial charge on any atom is 0.127 e. The molecule has 3 aromatic rings. The standard InChI is InChI=1S/C22H23NO2/c1-2-19(24-20-9-5-3-6-10-20)17-23-18-13-15-22(16-14-18)25-21-11-7-4-8-12-21/h3-16,19,23H,2,17H2,1H3. The van der Waals surface area contributed by atoms with E-state index in [1.165, 1.54) is 0 Å². The molecule has 0 radical (unpaired) electrons. The molecule has 0 aromatic heterocycles. The maximum atomic E-state index is 6.00. The van der Waals surface area contributed by atoms with Crippen LogP contribution in [0.2, 0.25) is 0 Å². The third-order valence-corrected chi connectivity index (χ3v) is 3.87. The molecule has 0 heterocycles. The number of hydrogen-bond donors (Lipinski definition) is 1. The summed E-state index contributed by atoms with van der Waals surface area (Å²) in [5.41, 5.74) is 1.05. The van der Waals surface area contributed by atoms with Gasteiger partial charge in [-0.05, 0) is 55.0 Å². The predicted molar refractivity (Wildman–Crippen MR) is 103 cm³/mol. The fourth-order valence-corrected chi connectivity index (χ4v) is 2.46. The lowest BCUT2D eigenvalue weighted by Crippen LogP contribution is -2.25. The van der Waals surface area contributed by atoms with Gasteiger partial charge in [0.25, 0.3) is 0 Å². The lowest BCUT2D eigenvalue weighted by molar-refractivity contribution is 0.210. The van der Waals surface area contributed by atoms with Gasteiger partial charge in [-0.2, -0.15) is 0 Å². The monoisotopic (exact) mass is 333 g/mol. The minimum atomic E-state index is 0.127. The lowest BCUT2D eigenvalue weighted by atomic mass is 10.2. The lowest BCUT2D eigenvalue weighted by Gasteiger charge is -2.19. The van der Waals surface area contributed by atoms with Crippen LogP contribution in [-0.4, -0.2) is 12.6 Å². The second-order valence-corrected chi connectivity index (χ2v) is 5.78. The molecule has 0 spiro atoms. The molecule has 25 heavy (non-hydrogen) atoms. The van der Waals surface area contributed by atoms with Crippen LogP contribution in [0.4, 0.5) is 5.69 Å². The Balaban J connectivity index is 1.52. The predicted octanol–water partition coefficient (Wildman–Crippen LogP) is 5.75. The number of anilines is 1. The first-order valence-electron chi connectivity index (χ1n) is 8.62. The van der Waals surface area contributed by atoms with Gasteiger partial charge in [0.15, 0.2) is 0 Å². The summed E-state index contributed by atoms with van der Waals surface area (Å²) in [5, 5.41) is 3.43. The number of ether oxygens (including phenoxy) is 2. The number of nitrogens with one attached hydrogen (secondary N) is 1. The van der Waals surface area contributed by atoms with E-state index in [-0.39, 0.29) is 6.10 Å². The topological polar surface area (TPSA) is 30.5 Å². The minimum Gasteiger partial charge on any atom is -0.489 e. The van der Waals surface area contributed by atoms with Gasteiger partial charge in [0, 0.05) is 5.69 Å². The van der Waals surface area contributed by atoms with E-state index in [4.69, 9.17) is 9.47 Å². The summed E-state index contributed by atoms with van der Waals surface area (Å²) in [6, 6.07) is 27.7. The van der Waals surface area contributed by atoms with E-state index in [0.717, 1.165) is 35.9 Å². The summed E-state index contributed by atoms with van der Waals surface area (Å²) >= 11 is 0. The van der Waals surface area contributed by atoms with Gasteiger partial charge in [-0.1, -0.05) is 43.3 Å². The first-order chi connectivity index (χ1) is 12.3. The van der Waals surface area contributed by atoms with Crippen LogP contribution in [0.3, 0.4) is 0 Å². The molecule has 0 aliphatic heterocycles. The van der Waals surface area contributed by atoms with Crippen LogP contribution in [0.1, 0.15) is 13.3 Å². The Bertz CT molecular complexity index is 742. The highest BCUT2D eigenvalue weighted by Crippen LogP contribution is 2.22. The van der Waals surface area contributed by atoms with Gasteiger partial charge in [-0.25, -0.2) is 0 Å². The normalized spacial score (nSPS) is 11.6. The largest absolute Gasteiger partial charge is 0.489 e. The van der Waals surface area contributed by atoms with E-state index >= 15 is 0 Å². The van der Waals surface area contributed by atoms with Crippen molar-refractivity contribution >= 4 is 5.69 Å². The Morgan fingerprint density at radius 3 is 1.88 bits per heavy atom. The number of rotatable bonds is 8. The van der Waals surface area contributed by atoms with Gasteiger partial charge in [-0.3, -0.25) is 0 Å². The fourth-order valence-electron chi connectivity index (χ4n) is 2.46. The number of benzene rings is 3. The maximum absolute atomic E-state index is 6.00. The van der Waals surface area contributed by atoms with Crippen molar-refractivity contribution in [2.75, 3.05) is 11.9 Å². The van der Waals surface area contributed by atoms with Crippen molar-refractivity contribution in [3.8, 4) is 17.2 Å². The molecule has 0 saturated heterocycles. The van der Waals surface area contributed by atoms with Crippen molar-refractivity contribution in [2.45, 2.75) is 19.4 Å². The summed E-state index contributed by atoms with van der Waals surface area (Å²) in [6.45, 7) is 2.89. The minimum absolute atomic E-state index is 0.127. The molecule has 0 aliphatic rings. The van der Waals surface area contributed by atoms with E-state index in [0.29, 0.717) is 0 Å². The summed E-state index contributed by atoms with van der Waals surface area (Å²) in [7, 11) is 0. The fraction of sp³-hybridized carbons (Fsp3) is 0.182. The average molecular weight is 333 g/mol. The molecule has 3 aromatic carbocycles.